The van der Waals surface area contributed by atoms with E-state index in [9.17, 15) is 0 Å². The molecule has 0 radical (unpaired) electrons. The zero-order valence-electron chi connectivity index (χ0n) is 10.7. The summed E-state index contributed by atoms with van der Waals surface area (Å²) in [5.74, 6) is 0. The van der Waals surface area contributed by atoms with Crippen LogP contribution in [0.25, 0.3) is 0 Å². The van der Waals surface area contributed by atoms with Crippen LogP contribution in [-0.4, -0.2) is 67.3 Å². The van der Waals surface area contributed by atoms with Crippen molar-refractivity contribution < 1.29 is 4.74 Å². The molecule has 4 nitrogen and oxygen atoms in total. The molecule has 0 spiro atoms. The Labute approximate surface area is 104 Å². The smallest absolute Gasteiger partial charge is 0.0594 e. The minimum absolute atomic E-state index is 0.376. The summed E-state index contributed by atoms with van der Waals surface area (Å²) in [6.07, 6.45) is 5.33. The molecule has 1 unspecified atom stereocenters. The minimum atomic E-state index is 0.376. The van der Waals surface area contributed by atoms with E-state index in [0.717, 1.165) is 38.9 Å². The van der Waals surface area contributed by atoms with Crippen molar-refractivity contribution in [2.45, 2.75) is 37.3 Å². The molecular formula is C13H25N3O. The highest BCUT2D eigenvalue weighted by molar-refractivity contribution is 5.02. The molecule has 2 aliphatic heterocycles. The summed E-state index contributed by atoms with van der Waals surface area (Å²) in [5.41, 5.74) is 6.37. The summed E-state index contributed by atoms with van der Waals surface area (Å²) >= 11 is 0. The van der Waals surface area contributed by atoms with E-state index >= 15 is 0 Å². The van der Waals surface area contributed by atoms with Gasteiger partial charge >= 0.3 is 0 Å². The van der Waals surface area contributed by atoms with Gasteiger partial charge in [-0.05, 0) is 25.7 Å². The van der Waals surface area contributed by atoms with Gasteiger partial charge in [-0.1, -0.05) is 0 Å². The van der Waals surface area contributed by atoms with Gasteiger partial charge in [0, 0.05) is 44.3 Å². The summed E-state index contributed by atoms with van der Waals surface area (Å²) < 4.78 is 5.43. The van der Waals surface area contributed by atoms with Gasteiger partial charge in [0.05, 0.1) is 13.2 Å². The summed E-state index contributed by atoms with van der Waals surface area (Å²) in [7, 11) is 0. The maximum absolute atomic E-state index is 6.00. The molecule has 3 fully saturated rings. The van der Waals surface area contributed by atoms with Crippen molar-refractivity contribution in [2.75, 3.05) is 45.9 Å². The molecule has 0 aromatic rings. The van der Waals surface area contributed by atoms with Crippen LogP contribution in [0, 0.1) is 0 Å². The highest BCUT2D eigenvalue weighted by atomic mass is 16.5. The highest BCUT2D eigenvalue weighted by Gasteiger charge is 2.44. The van der Waals surface area contributed by atoms with Gasteiger partial charge in [0.2, 0.25) is 0 Å². The fourth-order valence-electron chi connectivity index (χ4n) is 3.65. The Hall–Kier alpha value is -0.160. The van der Waals surface area contributed by atoms with Crippen molar-refractivity contribution in [2.24, 2.45) is 5.73 Å². The lowest BCUT2D eigenvalue weighted by Crippen LogP contribution is -2.58. The summed E-state index contributed by atoms with van der Waals surface area (Å²) in [4.78, 5) is 5.29. The van der Waals surface area contributed by atoms with Gasteiger partial charge in [0.25, 0.3) is 0 Å². The van der Waals surface area contributed by atoms with Gasteiger partial charge in [-0.25, -0.2) is 0 Å². The van der Waals surface area contributed by atoms with E-state index in [2.05, 4.69) is 9.80 Å². The van der Waals surface area contributed by atoms with E-state index in [1.165, 1.54) is 38.8 Å². The fourth-order valence-corrected chi connectivity index (χ4v) is 3.65. The normalized spacial score (nSPS) is 34.8. The number of hydrogen-bond donors (Lipinski definition) is 1. The molecule has 0 aromatic heterocycles. The molecule has 0 bridgehead atoms. The monoisotopic (exact) mass is 239 g/mol. The molecule has 4 heteroatoms. The molecule has 0 amide bonds. The Morgan fingerprint density at radius 1 is 1.18 bits per heavy atom. The van der Waals surface area contributed by atoms with Gasteiger partial charge in [0.15, 0.2) is 0 Å². The number of hydrogen-bond acceptors (Lipinski definition) is 4. The summed E-state index contributed by atoms with van der Waals surface area (Å²) in [6, 6.07) is 0.753. The first-order chi connectivity index (χ1) is 8.34. The average molecular weight is 239 g/mol. The third kappa shape index (κ3) is 2.12. The zero-order valence-corrected chi connectivity index (χ0v) is 10.7. The van der Waals surface area contributed by atoms with Crippen LogP contribution in [0.4, 0.5) is 0 Å². The van der Waals surface area contributed by atoms with Gasteiger partial charge in [-0.3, -0.25) is 9.80 Å². The number of nitrogens with zero attached hydrogens (tertiary/aromatic N) is 2. The fraction of sp³-hybridized carbons (Fsp3) is 1.00. The number of nitrogens with two attached hydrogens (primary N) is 1. The van der Waals surface area contributed by atoms with E-state index in [1.807, 2.05) is 0 Å². The number of likely N-dealkylation sites (tertiary alicyclic amines) is 1. The van der Waals surface area contributed by atoms with E-state index in [1.54, 1.807) is 0 Å². The van der Waals surface area contributed by atoms with E-state index in [4.69, 9.17) is 10.5 Å². The molecule has 1 aliphatic carbocycles. The molecule has 3 rings (SSSR count). The van der Waals surface area contributed by atoms with Gasteiger partial charge in [-0.15, -0.1) is 0 Å². The Morgan fingerprint density at radius 3 is 2.53 bits per heavy atom. The largest absolute Gasteiger partial charge is 0.379 e. The third-order valence-corrected chi connectivity index (χ3v) is 5.06. The Morgan fingerprint density at radius 2 is 1.94 bits per heavy atom. The van der Waals surface area contributed by atoms with Crippen molar-refractivity contribution in [1.29, 1.82) is 0 Å². The van der Waals surface area contributed by atoms with Crippen LogP contribution in [0.3, 0.4) is 0 Å². The standard InChI is InChI=1S/C13H25N3O/c14-11-13(3-1-4-13)16-5-2-12(10-16)15-6-8-17-9-7-15/h12H,1-11,14H2. The highest BCUT2D eigenvalue weighted by Crippen LogP contribution is 2.39. The second kappa shape index (κ2) is 4.84. The van der Waals surface area contributed by atoms with Gasteiger partial charge in [-0.2, -0.15) is 0 Å². The average Bonchev–Trinajstić information content (AvgIpc) is 2.80. The Balaban J connectivity index is 1.57. The Kier molecular flexibility index (Phi) is 3.39. The van der Waals surface area contributed by atoms with Crippen LogP contribution in [0.15, 0.2) is 0 Å². The van der Waals surface area contributed by atoms with Crippen LogP contribution in [-0.2, 0) is 4.74 Å². The number of ether oxygens (including phenoxy) is 1. The zero-order chi connectivity index (χ0) is 11.7. The topological polar surface area (TPSA) is 41.7 Å². The summed E-state index contributed by atoms with van der Waals surface area (Å²) in [5, 5.41) is 0. The SMILES string of the molecule is NCC1(N2CCC(N3CCOCC3)C2)CCC1. The lowest BCUT2D eigenvalue weighted by molar-refractivity contribution is 0.00588. The molecule has 2 N–H and O–H groups in total. The Bertz CT molecular complexity index is 256. The van der Waals surface area contributed by atoms with Gasteiger partial charge in [0.1, 0.15) is 0 Å². The predicted molar refractivity (Wildman–Crippen MR) is 68.0 cm³/mol. The maximum Gasteiger partial charge on any atom is 0.0594 e. The molecule has 2 saturated heterocycles. The molecule has 3 aliphatic rings. The first kappa shape index (κ1) is 11.9. The molecule has 1 atom stereocenters. The molecule has 17 heavy (non-hydrogen) atoms. The second-order valence-corrected chi connectivity index (χ2v) is 5.82. The number of morpholine rings is 1. The van der Waals surface area contributed by atoms with Crippen LogP contribution in [0.5, 0.6) is 0 Å². The van der Waals surface area contributed by atoms with Crippen LogP contribution >= 0.6 is 0 Å². The van der Waals surface area contributed by atoms with Crippen LogP contribution in [0.1, 0.15) is 25.7 Å². The molecule has 98 valence electrons. The first-order valence-electron chi connectivity index (χ1n) is 7.11. The van der Waals surface area contributed by atoms with Crippen molar-refractivity contribution in [3.63, 3.8) is 0 Å². The number of rotatable bonds is 3. The first-order valence-corrected chi connectivity index (χ1v) is 7.11. The lowest BCUT2D eigenvalue weighted by atomic mass is 9.75. The molecule has 0 aromatic carbocycles. The van der Waals surface area contributed by atoms with E-state index < -0.39 is 0 Å². The third-order valence-electron chi connectivity index (χ3n) is 5.06. The van der Waals surface area contributed by atoms with E-state index in [-0.39, 0.29) is 0 Å². The van der Waals surface area contributed by atoms with Crippen molar-refractivity contribution >= 4 is 0 Å². The maximum atomic E-state index is 6.00. The predicted octanol–water partition coefficient (Wildman–Crippen LogP) is 0.274. The minimum Gasteiger partial charge on any atom is -0.379 e. The van der Waals surface area contributed by atoms with Crippen molar-refractivity contribution in [3.05, 3.63) is 0 Å². The molecular weight excluding hydrogens is 214 g/mol. The van der Waals surface area contributed by atoms with Crippen LogP contribution in [0.2, 0.25) is 0 Å². The van der Waals surface area contributed by atoms with Crippen molar-refractivity contribution in [3.8, 4) is 0 Å². The molecule has 2 heterocycles. The van der Waals surface area contributed by atoms with Gasteiger partial charge < -0.3 is 10.5 Å². The van der Waals surface area contributed by atoms with Crippen molar-refractivity contribution in [1.82, 2.24) is 9.80 Å². The van der Waals surface area contributed by atoms with Crippen LogP contribution < -0.4 is 5.73 Å². The van der Waals surface area contributed by atoms with E-state index in [0.29, 0.717) is 5.54 Å². The second-order valence-electron chi connectivity index (χ2n) is 5.82. The molecule has 1 saturated carbocycles. The quantitative estimate of drug-likeness (QED) is 0.768. The summed E-state index contributed by atoms with van der Waals surface area (Å²) in [6.45, 7) is 7.40. The lowest BCUT2D eigenvalue weighted by Gasteiger charge is -2.48.